The van der Waals surface area contributed by atoms with Crippen molar-refractivity contribution in [2.24, 2.45) is 0 Å². The quantitative estimate of drug-likeness (QED) is 0.691. The molecule has 0 saturated carbocycles. The largest absolute Gasteiger partial charge is 0.497 e. The minimum atomic E-state index is 0.698. The summed E-state index contributed by atoms with van der Waals surface area (Å²) in [6.45, 7) is 3.46. The molecule has 0 radical (unpaired) electrons. The average Bonchev–Trinajstić information content (AvgIpc) is 2.78. The first-order valence-electron chi connectivity index (χ1n) is 5.47. The van der Waals surface area contributed by atoms with E-state index in [0.717, 1.165) is 12.3 Å². The molecule has 1 aromatic carbocycles. The summed E-state index contributed by atoms with van der Waals surface area (Å²) in [5.74, 6) is 1.64. The molecule has 0 aliphatic carbocycles. The molecule has 0 fully saturated rings. The van der Waals surface area contributed by atoms with Crippen LogP contribution >= 0.6 is 0 Å². The number of benzene rings is 1. The summed E-state index contributed by atoms with van der Waals surface area (Å²) in [4.78, 5) is 0. The van der Waals surface area contributed by atoms with Crippen molar-refractivity contribution in [3.05, 3.63) is 30.0 Å². The highest BCUT2D eigenvalue weighted by atomic mass is 16.5. The van der Waals surface area contributed by atoms with Crippen LogP contribution in [-0.4, -0.2) is 11.7 Å². The van der Waals surface area contributed by atoms with Gasteiger partial charge in [0.1, 0.15) is 5.75 Å². The first kappa shape index (κ1) is 8.84. The third-order valence-corrected chi connectivity index (χ3v) is 3.43. The lowest BCUT2D eigenvalue weighted by molar-refractivity contribution is 0.415. The highest BCUT2D eigenvalue weighted by molar-refractivity contribution is 5.83. The second-order valence-corrected chi connectivity index (χ2v) is 4.34. The Bertz CT molecular complexity index is 512. The number of ether oxygens (including phenoxy) is 1. The Morgan fingerprint density at radius 3 is 3.00 bits per heavy atom. The molecule has 1 aromatic heterocycles. The van der Waals surface area contributed by atoms with E-state index in [1.54, 1.807) is 7.11 Å². The zero-order valence-corrected chi connectivity index (χ0v) is 9.16. The molecular formula is C13H15NO. The molecule has 1 aliphatic heterocycles. The monoisotopic (exact) mass is 201 g/mol. The van der Waals surface area contributed by atoms with Crippen LogP contribution in [0.1, 0.15) is 25.0 Å². The molecule has 15 heavy (non-hydrogen) atoms. The van der Waals surface area contributed by atoms with Crippen LogP contribution in [0.5, 0.6) is 5.75 Å². The number of methoxy groups -OCH3 is 1. The summed E-state index contributed by atoms with van der Waals surface area (Å²) in [5.41, 5.74) is 2.81. The molecule has 2 nitrogen and oxygen atoms in total. The maximum absolute atomic E-state index is 5.24. The van der Waals surface area contributed by atoms with Gasteiger partial charge >= 0.3 is 0 Å². The minimum absolute atomic E-state index is 0.698. The van der Waals surface area contributed by atoms with Crippen LogP contribution in [0.4, 0.5) is 0 Å². The number of hydrogen-bond donors (Lipinski definition) is 0. The van der Waals surface area contributed by atoms with E-state index in [2.05, 4.69) is 29.7 Å². The van der Waals surface area contributed by atoms with Gasteiger partial charge in [0.05, 0.1) is 7.11 Å². The molecule has 0 bridgehead atoms. The van der Waals surface area contributed by atoms with Crippen LogP contribution in [0.25, 0.3) is 10.9 Å². The first-order valence-corrected chi connectivity index (χ1v) is 5.47. The summed E-state index contributed by atoms with van der Waals surface area (Å²) in [7, 11) is 1.72. The Morgan fingerprint density at radius 2 is 2.20 bits per heavy atom. The summed E-state index contributed by atoms with van der Waals surface area (Å²) in [6.07, 6.45) is 1.28. The third kappa shape index (κ3) is 1.17. The van der Waals surface area contributed by atoms with E-state index in [1.807, 2.05) is 6.07 Å². The molecular weight excluding hydrogens is 186 g/mol. The van der Waals surface area contributed by atoms with Crippen molar-refractivity contribution in [2.45, 2.75) is 25.8 Å². The minimum Gasteiger partial charge on any atom is -0.497 e. The predicted molar refractivity (Wildman–Crippen MR) is 61.5 cm³/mol. The molecule has 2 heteroatoms. The molecule has 0 spiro atoms. The number of aryl methyl sites for hydroxylation is 1. The lowest BCUT2D eigenvalue weighted by atomic mass is 10.1. The molecule has 78 valence electrons. The molecule has 0 N–H and O–H groups in total. The molecule has 0 amide bonds. The number of fused-ring (bicyclic) bond motifs is 3. The number of rotatable bonds is 1. The molecule has 0 saturated heterocycles. The van der Waals surface area contributed by atoms with E-state index < -0.39 is 0 Å². The van der Waals surface area contributed by atoms with Gasteiger partial charge in [-0.2, -0.15) is 0 Å². The molecule has 2 aromatic rings. The Labute approximate surface area is 89.5 Å². The fourth-order valence-electron chi connectivity index (χ4n) is 2.53. The van der Waals surface area contributed by atoms with Gasteiger partial charge in [0.15, 0.2) is 0 Å². The summed E-state index contributed by atoms with van der Waals surface area (Å²) >= 11 is 0. The van der Waals surface area contributed by atoms with Crippen LogP contribution < -0.4 is 4.74 Å². The molecule has 3 rings (SSSR count). The predicted octanol–water partition coefficient (Wildman–Crippen LogP) is 3.16. The standard InChI is InChI=1S/C13H15NO/c1-9-5-6-14-12-4-3-11(15-2)7-10(12)8-13(9)14/h3-4,7-9H,5-6H2,1-2H3. The highest BCUT2D eigenvalue weighted by Gasteiger charge is 2.20. The zero-order valence-electron chi connectivity index (χ0n) is 9.16. The van der Waals surface area contributed by atoms with Crippen molar-refractivity contribution in [1.29, 1.82) is 0 Å². The van der Waals surface area contributed by atoms with Crippen molar-refractivity contribution in [3.63, 3.8) is 0 Å². The fourth-order valence-corrected chi connectivity index (χ4v) is 2.53. The second kappa shape index (κ2) is 3.02. The van der Waals surface area contributed by atoms with Crippen LogP contribution in [0.3, 0.4) is 0 Å². The maximum Gasteiger partial charge on any atom is 0.119 e. The van der Waals surface area contributed by atoms with Crippen LogP contribution in [0, 0.1) is 0 Å². The summed E-state index contributed by atoms with van der Waals surface area (Å²) < 4.78 is 7.67. The van der Waals surface area contributed by atoms with Gasteiger partial charge in [-0.1, -0.05) is 6.92 Å². The summed E-state index contributed by atoms with van der Waals surface area (Å²) in [5, 5.41) is 1.30. The van der Waals surface area contributed by atoms with Gasteiger partial charge in [0.25, 0.3) is 0 Å². The normalized spacial score (nSPS) is 19.5. The van der Waals surface area contributed by atoms with Gasteiger partial charge in [-0.3, -0.25) is 0 Å². The van der Waals surface area contributed by atoms with Gasteiger partial charge in [-0.05, 0) is 36.6 Å². The van der Waals surface area contributed by atoms with Crippen LogP contribution in [0.15, 0.2) is 24.3 Å². The molecule has 1 atom stereocenters. The third-order valence-electron chi connectivity index (χ3n) is 3.43. The Kier molecular flexibility index (Phi) is 1.78. The zero-order chi connectivity index (χ0) is 10.4. The lowest BCUT2D eigenvalue weighted by Crippen LogP contribution is -1.91. The Morgan fingerprint density at radius 1 is 1.33 bits per heavy atom. The second-order valence-electron chi connectivity index (χ2n) is 4.34. The van der Waals surface area contributed by atoms with Crippen molar-refractivity contribution in [1.82, 2.24) is 4.57 Å². The van der Waals surface area contributed by atoms with E-state index in [4.69, 9.17) is 4.74 Å². The molecule has 2 heterocycles. The number of hydrogen-bond acceptors (Lipinski definition) is 1. The smallest absolute Gasteiger partial charge is 0.119 e. The maximum atomic E-state index is 5.24. The van der Waals surface area contributed by atoms with Crippen molar-refractivity contribution < 1.29 is 4.74 Å². The van der Waals surface area contributed by atoms with Crippen LogP contribution in [0.2, 0.25) is 0 Å². The fraction of sp³-hybridized carbons (Fsp3) is 0.385. The number of nitrogens with zero attached hydrogens (tertiary/aromatic N) is 1. The average molecular weight is 201 g/mol. The van der Waals surface area contributed by atoms with Gasteiger partial charge in [-0.25, -0.2) is 0 Å². The van der Waals surface area contributed by atoms with Gasteiger partial charge < -0.3 is 9.30 Å². The van der Waals surface area contributed by atoms with Crippen LogP contribution in [-0.2, 0) is 6.54 Å². The van der Waals surface area contributed by atoms with E-state index in [0.29, 0.717) is 5.92 Å². The van der Waals surface area contributed by atoms with E-state index in [9.17, 15) is 0 Å². The lowest BCUT2D eigenvalue weighted by Gasteiger charge is -2.02. The topological polar surface area (TPSA) is 14.2 Å². The van der Waals surface area contributed by atoms with Crippen molar-refractivity contribution in [3.8, 4) is 5.75 Å². The Balaban J connectivity index is 2.25. The van der Waals surface area contributed by atoms with Crippen molar-refractivity contribution in [2.75, 3.05) is 7.11 Å². The number of aromatic nitrogens is 1. The summed E-state index contributed by atoms with van der Waals surface area (Å²) in [6, 6.07) is 8.62. The SMILES string of the molecule is COc1ccc2c(c1)cc1n2CCC1C. The first-order chi connectivity index (χ1) is 7.29. The molecule has 1 aliphatic rings. The van der Waals surface area contributed by atoms with E-state index in [-0.39, 0.29) is 0 Å². The van der Waals surface area contributed by atoms with Gasteiger partial charge in [-0.15, -0.1) is 0 Å². The van der Waals surface area contributed by atoms with Gasteiger partial charge in [0.2, 0.25) is 0 Å². The Hall–Kier alpha value is -1.44. The van der Waals surface area contributed by atoms with Gasteiger partial charge in [0, 0.05) is 23.1 Å². The van der Waals surface area contributed by atoms with E-state index >= 15 is 0 Å². The molecule has 1 unspecified atom stereocenters. The van der Waals surface area contributed by atoms with E-state index in [1.165, 1.54) is 23.0 Å². The highest BCUT2D eigenvalue weighted by Crippen LogP contribution is 2.34. The van der Waals surface area contributed by atoms with Crippen molar-refractivity contribution >= 4 is 10.9 Å².